The molecule has 3 nitrogen and oxygen atoms in total. The number of hydrogen-bond acceptors (Lipinski definition) is 3. The number of pyridine rings is 1. The molecule has 1 atom stereocenters. The van der Waals surface area contributed by atoms with Crippen LogP contribution in [-0.4, -0.2) is 29.5 Å². The highest BCUT2D eigenvalue weighted by molar-refractivity contribution is 5.16. The Morgan fingerprint density at radius 2 is 1.74 bits per heavy atom. The van der Waals surface area contributed by atoms with Crippen LogP contribution in [0.15, 0.2) is 54.9 Å². The van der Waals surface area contributed by atoms with Crippen molar-refractivity contribution < 1.29 is 0 Å². The van der Waals surface area contributed by atoms with Crippen molar-refractivity contribution in [2.45, 2.75) is 19.0 Å². The lowest BCUT2D eigenvalue weighted by molar-refractivity contribution is 0.237. The third kappa shape index (κ3) is 4.16. The van der Waals surface area contributed by atoms with E-state index in [1.54, 1.807) is 0 Å². The van der Waals surface area contributed by atoms with Gasteiger partial charge in [0.25, 0.3) is 0 Å². The summed E-state index contributed by atoms with van der Waals surface area (Å²) in [5, 5.41) is 0. The Bertz CT molecular complexity index is 470. The molecule has 0 aliphatic heterocycles. The van der Waals surface area contributed by atoms with Crippen molar-refractivity contribution >= 4 is 0 Å². The lowest BCUT2D eigenvalue weighted by Crippen LogP contribution is -2.39. The molecule has 2 N–H and O–H groups in total. The van der Waals surface area contributed by atoms with E-state index in [0.717, 1.165) is 13.0 Å². The first-order chi connectivity index (χ1) is 9.29. The number of nitrogens with zero attached hydrogens (tertiary/aromatic N) is 2. The Labute approximate surface area is 115 Å². The maximum Gasteiger partial charge on any atom is 0.0271 e. The number of aromatic nitrogens is 1. The predicted molar refractivity (Wildman–Crippen MR) is 78.7 cm³/mol. The van der Waals surface area contributed by atoms with Gasteiger partial charge in [-0.05, 0) is 36.7 Å². The van der Waals surface area contributed by atoms with Crippen LogP contribution in [-0.2, 0) is 13.0 Å². The van der Waals surface area contributed by atoms with E-state index < -0.39 is 0 Å². The number of rotatable bonds is 6. The van der Waals surface area contributed by atoms with E-state index in [1.807, 2.05) is 30.6 Å². The van der Waals surface area contributed by atoms with Gasteiger partial charge in [0.1, 0.15) is 0 Å². The minimum Gasteiger partial charge on any atom is -0.329 e. The average molecular weight is 255 g/mol. The van der Waals surface area contributed by atoms with Gasteiger partial charge in [0.05, 0.1) is 0 Å². The summed E-state index contributed by atoms with van der Waals surface area (Å²) in [7, 11) is 2.13. The Balaban J connectivity index is 1.97. The Morgan fingerprint density at radius 1 is 1.05 bits per heavy atom. The molecule has 0 saturated carbocycles. The summed E-state index contributed by atoms with van der Waals surface area (Å²) in [4.78, 5) is 6.35. The molecule has 0 aliphatic carbocycles. The maximum atomic E-state index is 5.92. The summed E-state index contributed by atoms with van der Waals surface area (Å²) in [5.74, 6) is 0. The van der Waals surface area contributed by atoms with Crippen LogP contribution in [0.1, 0.15) is 11.1 Å². The van der Waals surface area contributed by atoms with Gasteiger partial charge in [0, 0.05) is 31.5 Å². The summed E-state index contributed by atoms with van der Waals surface area (Å²) in [6, 6.07) is 15.0. The monoisotopic (exact) mass is 255 g/mol. The highest BCUT2D eigenvalue weighted by Crippen LogP contribution is 2.10. The fourth-order valence-electron chi connectivity index (χ4n) is 2.21. The van der Waals surface area contributed by atoms with Crippen LogP contribution in [0.5, 0.6) is 0 Å². The number of likely N-dealkylation sites (N-methyl/N-ethyl adjacent to an activating group) is 1. The lowest BCUT2D eigenvalue weighted by Gasteiger charge is -2.27. The van der Waals surface area contributed by atoms with E-state index in [4.69, 9.17) is 5.73 Å². The van der Waals surface area contributed by atoms with Gasteiger partial charge in [-0.1, -0.05) is 30.3 Å². The zero-order valence-corrected chi connectivity index (χ0v) is 11.4. The summed E-state index contributed by atoms with van der Waals surface area (Å²) < 4.78 is 0. The van der Waals surface area contributed by atoms with Gasteiger partial charge in [0.2, 0.25) is 0 Å². The van der Waals surface area contributed by atoms with Crippen LogP contribution in [0.4, 0.5) is 0 Å². The molecule has 1 aromatic carbocycles. The number of nitrogens with two attached hydrogens (primary N) is 1. The normalized spacial score (nSPS) is 12.6. The molecule has 1 unspecified atom stereocenters. The van der Waals surface area contributed by atoms with Gasteiger partial charge in [-0.2, -0.15) is 0 Å². The van der Waals surface area contributed by atoms with Crippen molar-refractivity contribution in [2.75, 3.05) is 13.6 Å². The van der Waals surface area contributed by atoms with Crippen LogP contribution in [0, 0.1) is 0 Å². The highest BCUT2D eigenvalue weighted by Gasteiger charge is 2.13. The molecular formula is C16H21N3. The van der Waals surface area contributed by atoms with Crippen molar-refractivity contribution in [3.05, 3.63) is 66.0 Å². The van der Waals surface area contributed by atoms with E-state index >= 15 is 0 Å². The fourth-order valence-corrected chi connectivity index (χ4v) is 2.21. The SMILES string of the molecule is CN(Cc1ccncc1)C(CN)Cc1ccccc1. The molecule has 0 radical (unpaired) electrons. The van der Waals surface area contributed by atoms with Gasteiger partial charge in [-0.3, -0.25) is 9.88 Å². The molecule has 100 valence electrons. The van der Waals surface area contributed by atoms with E-state index in [-0.39, 0.29) is 0 Å². The summed E-state index contributed by atoms with van der Waals surface area (Å²) >= 11 is 0. The second-order valence-corrected chi connectivity index (χ2v) is 4.85. The van der Waals surface area contributed by atoms with Gasteiger partial charge in [-0.15, -0.1) is 0 Å². The summed E-state index contributed by atoms with van der Waals surface area (Å²) in [6.07, 6.45) is 4.65. The quantitative estimate of drug-likeness (QED) is 0.859. The molecule has 19 heavy (non-hydrogen) atoms. The van der Waals surface area contributed by atoms with E-state index in [0.29, 0.717) is 12.6 Å². The molecule has 0 spiro atoms. The summed E-state index contributed by atoms with van der Waals surface area (Å²) in [6.45, 7) is 1.56. The van der Waals surface area contributed by atoms with Crippen LogP contribution in [0.25, 0.3) is 0 Å². The van der Waals surface area contributed by atoms with E-state index in [2.05, 4.69) is 41.2 Å². The van der Waals surface area contributed by atoms with Crippen LogP contribution < -0.4 is 5.73 Å². The molecule has 2 rings (SSSR count). The minimum absolute atomic E-state index is 0.357. The molecule has 2 aromatic rings. The Kier molecular flexibility index (Phi) is 5.07. The molecule has 0 fully saturated rings. The van der Waals surface area contributed by atoms with Crippen LogP contribution in [0.2, 0.25) is 0 Å². The Morgan fingerprint density at radius 3 is 2.37 bits per heavy atom. The lowest BCUT2D eigenvalue weighted by atomic mass is 10.0. The zero-order chi connectivity index (χ0) is 13.5. The van der Waals surface area contributed by atoms with Crippen molar-refractivity contribution in [3.63, 3.8) is 0 Å². The van der Waals surface area contributed by atoms with Gasteiger partial charge in [-0.25, -0.2) is 0 Å². The predicted octanol–water partition coefficient (Wildman–Crippen LogP) is 2.08. The molecule has 0 aliphatic rings. The molecule has 3 heteroatoms. The largest absolute Gasteiger partial charge is 0.329 e. The highest BCUT2D eigenvalue weighted by atomic mass is 15.1. The maximum absolute atomic E-state index is 5.92. The fraction of sp³-hybridized carbons (Fsp3) is 0.312. The van der Waals surface area contributed by atoms with Gasteiger partial charge >= 0.3 is 0 Å². The van der Waals surface area contributed by atoms with Crippen molar-refractivity contribution in [1.29, 1.82) is 0 Å². The third-order valence-electron chi connectivity index (χ3n) is 3.39. The number of benzene rings is 1. The third-order valence-corrected chi connectivity index (χ3v) is 3.39. The van der Waals surface area contributed by atoms with E-state index in [1.165, 1.54) is 11.1 Å². The van der Waals surface area contributed by atoms with E-state index in [9.17, 15) is 0 Å². The zero-order valence-electron chi connectivity index (χ0n) is 11.4. The molecule has 1 aromatic heterocycles. The smallest absolute Gasteiger partial charge is 0.0271 e. The van der Waals surface area contributed by atoms with Crippen molar-refractivity contribution in [2.24, 2.45) is 5.73 Å². The van der Waals surface area contributed by atoms with Crippen LogP contribution >= 0.6 is 0 Å². The molecular weight excluding hydrogens is 234 g/mol. The topological polar surface area (TPSA) is 42.2 Å². The minimum atomic E-state index is 0.357. The second-order valence-electron chi connectivity index (χ2n) is 4.85. The first-order valence-corrected chi connectivity index (χ1v) is 6.62. The Hall–Kier alpha value is -1.71. The van der Waals surface area contributed by atoms with Crippen molar-refractivity contribution in [1.82, 2.24) is 9.88 Å². The second kappa shape index (κ2) is 7.02. The van der Waals surface area contributed by atoms with Gasteiger partial charge < -0.3 is 5.73 Å². The standard InChI is InChI=1S/C16H21N3/c1-19(13-15-7-9-18-10-8-15)16(12-17)11-14-5-3-2-4-6-14/h2-10,16H,11-13,17H2,1H3. The van der Waals surface area contributed by atoms with Crippen molar-refractivity contribution in [3.8, 4) is 0 Å². The molecule has 0 bridgehead atoms. The average Bonchev–Trinajstić information content (AvgIpc) is 2.47. The van der Waals surface area contributed by atoms with Gasteiger partial charge in [0.15, 0.2) is 0 Å². The molecule has 1 heterocycles. The summed E-state index contributed by atoms with van der Waals surface area (Å²) in [5.41, 5.74) is 8.52. The van der Waals surface area contributed by atoms with Crippen LogP contribution in [0.3, 0.4) is 0 Å². The first-order valence-electron chi connectivity index (χ1n) is 6.62. The molecule has 0 amide bonds. The number of hydrogen-bond donors (Lipinski definition) is 1. The molecule has 0 saturated heterocycles. The first kappa shape index (κ1) is 13.7.